The molecule has 16 heavy (non-hydrogen) atoms. The first-order valence-electron chi connectivity index (χ1n) is 5.80. The molecule has 0 aliphatic rings. The maximum Gasteiger partial charge on any atom is 0.323 e. The molecule has 0 aromatic carbocycles. The molecule has 0 aliphatic heterocycles. The zero-order chi connectivity index (χ0) is 13.2. The van der Waals surface area contributed by atoms with E-state index >= 15 is 0 Å². The fraction of sp³-hybridized carbons (Fsp3) is 0.909. The quantitative estimate of drug-likeness (QED) is 0.620. The third-order valence-corrected chi connectivity index (χ3v) is 2.49. The van der Waals surface area contributed by atoms with Crippen LogP contribution in [0.5, 0.6) is 0 Å². The first-order valence-corrected chi connectivity index (χ1v) is 5.80. The zero-order valence-corrected chi connectivity index (χ0v) is 11.0. The molecule has 0 aromatic heterocycles. The highest BCUT2D eigenvalue weighted by molar-refractivity contribution is 5.77. The number of nitrogens with two attached hydrogens (primary N) is 2. The van der Waals surface area contributed by atoms with E-state index in [1.807, 2.05) is 0 Å². The van der Waals surface area contributed by atoms with Gasteiger partial charge in [0.1, 0.15) is 5.54 Å². The van der Waals surface area contributed by atoms with Gasteiger partial charge in [0.25, 0.3) is 0 Å². The lowest BCUT2D eigenvalue weighted by Crippen LogP contribution is -2.46. The van der Waals surface area contributed by atoms with Crippen LogP contribution in [0, 0.1) is 0 Å². The van der Waals surface area contributed by atoms with Crippen LogP contribution in [0.15, 0.2) is 0 Å². The van der Waals surface area contributed by atoms with Gasteiger partial charge in [-0.05, 0) is 39.5 Å². The minimum absolute atomic E-state index is 0.305. The molecule has 5 heteroatoms. The molecule has 0 spiro atoms. The number of carboxylic acids is 1. The highest BCUT2D eigenvalue weighted by Gasteiger charge is 2.26. The van der Waals surface area contributed by atoms with E-state index in [2.05, 4.69) is 25.7 Å². The number of rotatable bonds is 6. The Morgan fingerprint density at radius 3 is 1.69 bits per heavy atom. The lowest BCUT2D eigenvalue weighted by atomic mass is 10.0. The normalized spacial score (nSPS) is 13.9. The van der Waals surface area contributed by atoms with E-state index in [-0.39, 0.29) is 0 Å². The standard InChI is InChI=1S/C6H15N.C5H12N2O2/c1-4-7(5-2)6-3;1-5(7,2-3-6)4(8)9/h4-6H2,1-3H3;2-3,6-7H2,1H3,(H,8,9). The van der Waals surface area contributed by atoms with Gasteiger partial charge in [-0.15, -0.1) is 0 Å². The minimum Gasteiger partial charge on any atom is -0.480 e. The van der Waals surface area contributed by atoms with E-state index in [1.54, 1.807) is 0 Å². The van der Waals surface area contributed by atoms with Crippen molar-refractivity contribution in [1.82, 2.24) is 4.90 Å². The van der Waals surface area contributed by atoms with E-state index in [1.165, 1.54) is 26.6 Å². The van der Waals surface area contributed by atoms with Gasteiger partial charge >= 0.3 is 5.97 Å². The minimum atomic E-state index is -1.16. The molecule has 0 amide bonds. The molecule has 0 radical (unpaired) electrons. The first-order chi connectivity index (χ1) is 7.35. The molecule has 0 aromatic rings. The van der Waals surface area contributed by atoms with Crippen molar-refractivity contribution in [2.24, 2.45) is 11.5 Å². The summed E-state index contributed by atoms with van der Waals surface area (Å²) in [7, 11) is 0. The van der Waals surface area contributed by atoms with Crippen molar-refractivity contribution in [2.45, 2.75) is 39.7 Å². The van der Waals surface area contributed by atoms with Gasteiger partial charge in [-0.3, -0.25) is 4.79 Å². The fourth-order valence-electron chi connectivity index (χ4n) is 1.08. The van der Waals surface area contributed by atoms with Crippen LogP contribution in [-0.4, -0.2) is 47.7 Å². The number of hydrogen-bond acceptors (Lipinski definition) is 4. The molecule has 98 valence electrons. The summed E-state index contributed by atoms with van der Waals surface area (Å²) in [5.41, 5.74) is 9.24. The summed E-state index contributed by atoms with van der Waals surface area (Å²) in [6, 6.07) is 0. The Labute approximate surface area is 98.8 Å². The predicted molar refractivity (Wildman–Crippen MR) is 67.4 cm³/mol. The van der Waals surface area contributed by atoms with Gasteiger partial charge in [-0.2, -0.15) is 0 Å². The fourth-order valence-corrected chi connectivity index (χ4v) is 1.08. The molecule has 0 saturated heterocycles. The van der Waals surface area contributed by atoms with Gasteiger partial charge in [-0.25, -0.2) is 0 Å². The van der Waals surface area contributed by atoms with Crippen LogP contribution in [0.4, 0.5) is 0 Å². The summed E-state index contributed by atoms with van der Waals surface area (Å²) in [4.78, 5) is 12.6. The van der Waals surface area contributed by atoms with Crippen LogP contribution in [0.1, 0.15) is 34.1 Å². The van der Waals surface area contributed by atoms with Crippen LogP contribution in [-0.2, 0) is 4.79 Å². The molecular formula is C11H27N3O2. The van der Waals surface area contributed by atoms with Crippen LogP contribution in [0.25, 0.3) is 0 Å². The first kappa shape index (κ1) is 17.7. The lowest BCUT2D eigenvalue weighted by molar-refractivity contribution is -0.142. The molecule has 1 atom stereocenters. The largest absolute Gasteiger partial charge is 0.480 e. The van der Waals surface area contributed by atoms with Gasteiger partial charge in [0.05, 0.1) is 0 Å². The molecule has 0 rings (SSSR count). The number of aliphatic carboxylic acids is 1. The van der Waals surface area contributed by atoms with Crippen molar-refractivity contribution in [3.63, 3.8) is 0 Å². The van der Waals surface area contributed by atoms with E-state index in [0.717, 1.165) is 0 Å². The Morgan fingerprint density at radius 2 is 1.62 bits per heavy atom. The Kier molecular flexibility index (Phi) is 10.6. The summed E-state index contributed by atoms with van der Waals surface area (Å²) in [6.45, 7) is 11.9. The summed E-state index contributed by atoms with van der Waals surface area (Å²) >= 11 is 0. The van der Waals surface area contributed by atoms with Crippen LogP contribution >= 0.6 is 0 Å². The Hall–Kier alpha value is -0.650. The van der Waals surface area contributed by atoms with Gasteiger partial charge in [0, 0.05) is 0 Å². The lowest BCUT2D eigenvalue weighted by Gasteiger charge is -2.16. The molecular weight excluding hydrogens is 206 g/mol. The van der Waals surface area contributed by atoms with Crippen LogP contribution in [0.2, 0.25) is 0 Å². The average Bonchev–Trinajstić information content (AvgIpc) is 2.21. The molecule has 0 aliphatic carbocycles. The molecule has 0 bridgehead atoms. The van der Waals surface area contributed by atoms with Crippen molar-refractivity contribution in [3.8, 4) is 0 Å². The Balaban J connectivity index is 0. The molecule has 1 unspecified atom stereocenters. The van der Waals surface area contributed by atoms with Crippen molar-refractivity contribution in [3.05, 3.63) is 0 Å². The summed E-state index contributed by atoms with van der Waals surface area (Å²) < 4.78 is 0. The van der Waals surface area contributed by atoms with Gasteiger partial charge in [0.15, 0.2) is 0 Å². The third-order valence-electron chi connectivity index (χ3n) is 2.49. The summed E-state index contributed by atoms with van der Waals surface area (Å²) in [5.74, 6) is -1.01. The highest BCUT2D eigenvalue weighted by atomic mass is 16.4. The van der Waals surface area contributed by atoms with Crippen molar-refractivity contribution in [1.29, 1.82) is 0 Å². The second kappa shape index (κ2) is 9.57. The van der Waals surface area contributed by atoms with Crippen molar-refractivity contribution >= 4 is 5.97 Å². The number of carboxylic acid groups (broad SMARTS) is 1. The summed E-state index contributed by atoms with van der Waals surface area (Å²) in [6.07, 6.45) is 0.308. The van der Waals surface area contributed by atoms with Crippen molar-refractivity contribution < 1.29 is 9.90 Å². The maximum absolute atomic E-state index is 10.2. The average molecular weight is 233 g/mol. The topological polar surface area (TPSA) is 92.6 Å². The van der Waals surface area contributed by atoms with Crippen molar-refractivity contribution in [2.75, 3.05) is 26.2 Å². The number of carbonyl (C=O) groups is 1. The molecule has 5 nitrogen and oxygen atoms in total. The monoisotopic (exact) mass is 233 g/mol. The predicted octanol–water partition coefficient (Wildman–Crippen LogP) is 0.485. The van der Waals surface area contributed by atoms with Gasteiger partial charge in [-0.1, -0.05) is 20.8 Å². The van der Waals surface area contributed by atoms with E-state index in [0.29, 0.717) is 13.0 Å². The van der Waals surface area contributed by atoms with Gasteiger partial charge in [0.2, 0.25) is 0 Å². The second-order valence-electron chi connectivity index (χ2n) is 3.88. The molecule has 0 saturated carbocycles. The molecule has 5 N–H and O–H groups in total. The Morgan fingerprint density at radius 1 is 1.25 bits per heavy atom. The smallest absolute Gasteiger partial charge is 0.323 e. The second-order valence-corrected chi connectivity index (χ2v) is 3.88. The molecule has 0 heterocycles. The van der Waals surface area contributed by atoms with E-state index < -0.39 is 11.5 Å². The van der Waals surface area contributed by atoms with Crippen LogP contribution in [0.3, 0.4) is 0 Å². The SMILES string of the molecule is CC(N)(CCN)C(=O)O.CCN(CC)CC. The van der Waals surface area contributed by atoms with E-state index in [4.69, 9.17) is 16.6 Å². The Bertz CT molecular complexity index is 175. The van der Waals surface area contributed by atoms with E-state index in [9.17, 15) is 4.79 Å². The van der Waals surface area contributed by atoms with Gasteiger partial charge < -0.3 is 21.5 Å². The van der Waals surface area contributed by atoms with Crippen LogP contribution < -0.4 is 11.5 Å². The summed E-state index contributed by atoms with van der Waals surface area (Å²) in [5, 5.41) is 8.39. The maximum atomic E-state index is 10.2. The zero-order valence-electron chi connectivity index (χ0n) is 11.0. The number of nitrogens with zero attached hydrogens (tertiary/aromatic N) is 1. The third kappa shape index (κ3) is 8.64. The molecule has 0 fully saturated rings. The number of hydrogen-bond donors (Lipinski definition) is 3. The highest BCUT2D eigenvalue weighted by Crippen LogP contribution is 2.02.